The summed E-state index contributed by atoms with van der Waals surface area (Å²) in [6.45, 7) is 0.605. The lowest BCUT2D eigenvalue weighted by molar-refractivity contribution is -0.130. The number of carbonyl (C=O) groups excluding carboxylic acids is 1. The molecule has 0 N–H and O–H groups in total. The quantitative estimate of drug-likeness (QED) is 0.804. The number of aryl methyl sites for hydroxylation is 1. The Morgan fingerprint density at radius 2 is 1.95 bits per heavy atom. The highest BCUT2D eigenvalue weighted by Gasteiger charge is 2.10. The minimum atomic E-state index is 0.135. The van der Waals surface area contributed by atoms with Gasteiger partial charge in [0.1, 0.15) is 5.75 Å². The van der Waals surface area contributed by atoms with Gasteiger partial charge in [0.2, 0.25) is 5.91 Å². The maximum atomic E-state index is 12.1. The molecule has 1 aromatic heterocycles. The summed E-state index contributed by atoms with van der Waals surface area (Å²) >= 11 is 7.41. The maximum absolute atomic E-state index is 12.1. The van der Waals surface area contributed by atoms with Gasteiger partial charge in [0.25, 0.3) is 0 Å². The Hall–Kier alpha value is -1.52. The molecule has 0 unspecified atom stereocenters. The molecule has 0 aliphatic carbocycles. The van der Waals surface area contributed by atoms with Gasteiger partial charge in [-0.25, -0.2) is 0 Å². The summed E-state index contributed by atoms with van der Waals surface area (Å²) in [6.07, 6.45) is 1.24. The summed E-state index contributed by atoms with van der Waals surface area (Å²) in [6, 6.07) is 11.6. The van der Waals surface area contributed by atoms with Crippen molar-refractivity contribution < 1.29 is 9.53 Å². The Bertz CT molecular complexity index is 595. The fourth-order valence-electron chi connectivity index (χ4n) is 2.00. The van der Waals surface area contributed by atoms with Gasteiger partial charge in [-0.1, -0.05) is 23.7 Å². The van der Waals surface area contributed by atoms with Gasteiger partial charge >= 0.3 is 0 Å². The monoisotopic (exact) mass is 323 g/mol. The number of rotatable bonds is 6. The van der Waals surface area contributed by atoms with Crippen molar-refractivity contribution in [2.45, 2.75) is 19.4 Å². The van der Waals surface area contributed by atoms with E-state index in [-0.39, 0.29) is 5.91 Å². The van der Waals surface area contributed by atoms with Crippen LogP contribution in [-0.4, -0.2) is 25.0 Å². The standard InChI is InChI=1S/C16H18ClNO2S/c1-18(11-12-3-5-13(20-2)6-4-12)16(19)10-8-14-7-9-15(17)21-14/h3-7,9H,8,10-11H2,1-2H3. The molecule has 0 radical (unpaired) electrons. The van der Waals surface area contributed by atoms with E-state index in [2.05, 4.69) is 0 Å². The minimum absolute atomic E-state index is 0.135. The number of amides is 1. The smallest absolute Gasteiger partial charge is 0.222 e. The second-order valence-corrected chi connectivity index (χ2v) is 6.60. The third-order valence-electron chi connectivity index (χ3n) is 3.22. The molecule has 0 saturated carbocycles. The molecular weight excluding hydrogens is 306 g/mol. The molecule has 1 aromatic carbocycles. The van der Waals surface area contributed by atoms with E-state index in [1.165, 1.54) is 11.3 Å². The van der Waals surface area contributed by atoms with E-state index in [4.69, 9.17) is 16.3 Å². The molecule has 3 nitrogen and oxygen atoms in total. The Labute approximate surface area is 134 Å². The molecular formula is C16H18ClNO2S. The molecule has 5 heteroatoms. The van der Waals surface area contributed by atoms with Crippen molar-refractivity contribution in [1.82, 2.24) is 4.90 Å². The molecule has 0 aliphatic heterocycles. The maximum Gasteiger partial charge on any atom is 0.222 e. The van der Waals surface area contributed by atoms with Crippen LogP contribution in [0.25, 0.3) is 0 Å². The van der Waals surface area contributed by atoms with Gasteiger partial charge in [-0.3, -0.25) is 4.79 Å². The molecule has 0 fully saturated rings. The van der Waals surface area contributed by atoms with Crippen molar-refractivity contribution in [1.29, 1.82) is 0 Å². The number of ether oxygens (including phenoxy) is 1. The lowest BCUT2D eigenvalue weighted by atomic mass is 10.2. The average Bonchev–Trinajstić information content (AvgIpc) is 2.91. The van der Waals surface area contributed by atoms with Crippen LogP contribution < -0.4 is 4.74 Å². The van der Waals surface area contributed by atoms with E-state index >= 15 is 0 Å². The van der Waals surface area contributed by atoms with Crippen LogP contribution in [0.1, 0.15) is 16.9 Å². The second-order valence-electron chi connectivity index (χ2n) is 4.80. The number of carbonyl (C=O) groups is 1. The highest BCUT2D eigenvalue weighted by atomic mass is 35.5. The van der Waals surface area contributed by atoms with Crippen molar-refractivity contribution in [3.8, 4) is 5.75 Å². The topological polar surface area (TPSA) is 29.5 Å². The van der Waals surface area contributed by atoms with Gasteiger partial charge in [0.05, 0.1) is 11.4 Å². The lowest BCUT2D eigenvalue weighted by Gasteiger charge is -2.17. The molecule has 2 rings (SSSR count). The number of thiophene rings is 1. The Balaban J connectivity index is 1.83. The molecule has 1 amide bonds. The SMILES string of the molecule is COc1ccc(CN(C)C(=O)CCc2ccc(Cl)s2)cc1. The van der Waals surface area contributed by atoms with E-state index in [1.807, 2.05) is 43.4 Å². The van der Waals surface area contributed by atoms with E-state index in [0.29, 0.717) is 13.0 Å². The average molecular weight is 324 g/mol. The molecule has 0 atom stereocenters. The Kier molecular flexibility index (Phi) is 5.65. The minimum Gasteiger partial charge on any atom is -0.497 e. The predicted molar refractivity (Wildman–Crippen MR) is 87.1 cm³/mol. The van der Waals surface area contributed by atoms with Crippen LogP contribution in [0.2, 0.25) is 4.34 Å². The van der Waals surface area contributed by atoms with Crippen molar-refractivity contribution in [2.75, 3.05) is 14.2 Å². The number of nitrogens with zero attached hydrogens (tertiary/aromatic N) is 1. The third kappa shape index (κ3) is 4.76. The zero-order valence-electron chi connectivity index (χ0n) is 12.1. The Morgan fingerprint density at radius 3 is 2.52 bits per heavy atom. The molecule has 2 aromatic rings. The van der Waals surface area contributed by atoms with Gasteiger partial charge < -0.3 is 9.64 Å². The summed E-state index contributed by atoms with van der Waals surface area (Å²) < 4.78 is 5.89. The molecule has 0 bridgehead atoms. The zero-order chi connectivity index (χ0) is 15.2. The highest BCUT2D eigenvalue weighted by Crippen LogP contribution is 2.22. The van der Waals surface area contributed by atoms with E-state index < -0.39 is 0 Å². The van der Waals surface area contributed by atoms with E-state index in [0.717, 1.165) is 26.9 Å². The van der Waals surface area contributed by atoms with Crippen molar-refractivity contribution >= 4 is 28.8 Å². The number of halogens is 1. The van der Waals surface area contributed by atoms with Crippen LogP contribution >= 0.6 is 22.9 Å². The molecule has 21 heavy (non-hydrogen) atoms. The molecule has 0 saturated heterocycles. The van der Waals surface area contributed by atoms with Crippen molar-refractivity contribution in [2.24, 2.45) is 0 Å². The summed E-state index contributed by atoms with van der Waals surface area (Å²) in [5.74, 6) is 0.956. The summed E-state index contributed by atoms with van der Waals surface area (Å²) in [4.78, 5) is 15.0. The number of hydrogen-bond acceptors (Lipinski definition) is 3. The van der Waals surface area contributed by atoms with Crippen LogP contribution in [0.5, 0.6) is 5.75 Å². The van der Waals surface area contributed by atoms with Crippen molar-refractivity contribution in [3.63, 3.8) is 0 Å². The number of methoxy groups -OCH3 is 1. The highest BCUT2D eigenvalue weighted by molar-refractivity contribution is 7.16. The number of benzene rings is 1. The van der Waals surface area contributed by atoms with Gasteiger partial charge in [0.15, 0.2) is 0 Å². The Morgan fingerprint density at radius 1 is 1.24 bits per heavy atom. The fourth-order valence-corrected chi connectivity index (χ4v) is 3.09. The largest absolute Gasteiger partial charge is 0.497 e. The normalized spacial score (nSPS) is 10.4. The zero-order valence-corrected chi connectivity index (χ0v) is 13.7. The van der Waals surface area contributed by atoms with Crippen LogP contribution in [0, 0.1) is 0 Å². The second kappa shape index (κ2) is 7.48. The summed E-state index contributed by atoms with van der Waals surface area (Å²) in [5, 5.41) is 0. The molecule has 112 valence electrons. The summed E-state index contributed by atoms with van der Waals surface area (Å²) in [5.41, 5.74) is 1.09. The van der Waals surface area contributed by atoms with Crippen molar-refractivity contribution in [3.05, 3.63) is 51.2 Å². The van der Waals surface area contributed by atoms with Gasteiger partial charge in [0, 0.05) is 24.9 Å². The third-order valence-corrected chi connectivity index (χ3v) is 4.51. The predicted octanol–water partition coefficient (Wildman–Crippen LogP) is 4.00. The first-order valence-electron chi connectivity index (χ1n) is 6.69. The van der Waals surface area contributed by atoms with Gasteiger partial charge in [-0.05, 0) is 36.2 Å². The molecule has 0 spiro atoms. The molecule has 1 heterocycles. The van der Waals surface area contributed by atoms with E-state index in [9.17, 15) is 4.79 Å². The van der Waals surface area contributed by atoms with Crippen LogP contribution in [-0.2, 0) is 17.8 Å². The first-order chi connectivity index (χ1) is 10.1. The fraction of sp³-hybridized carbons (Fsp3) is 0.312. The van der Waals surface area contributed by atoms with Crippen LogP contribution in [0.15, 0.2) is 36.4 Å². The molecule has 0 aliphatic rings. The van der Waals surface area contributed by atoms with Crippen LogP contribution in [0.3, 0.4) is 0 Å². The van der Waals surface area contributed by atoms with Crippen LogP contribution in [0.4, 0.5) is 0 Å². The van der Waals surface area contributed by atoms with Gasteiger partial charge in [-0.2, -0.15) is 0 Å². The van der Waals surface area contributed by atoms with Gasteiger partial charge in [-0.15, -0.1) is 11.3 Å². The number of hydrogen-bond donors (Lipinski definition) is 0. The first kappa shape index (κ1) is 15.9. The lowest BCUT2D eigenvalue weighted by Crippen LogP contribution is -2.26. The summed E-state index contributed by atoms with van der Waals surface area (Å²) in [7, 11) is 3.47. The first-order valence-corrected chi connectivity index (χ1v) is 7.89. The van der Waals surface area contributed by atoms with E-state index in [1.54, 1.807) is 12.0 Å².